The first kappa shape index (κ1) is 11.0. The number of aliphatic imine (C=N–C) groups is 1. The Bertz CT molecular complexity index is 655. The zero-order valence-corrected chi connectivity index (χ0v) is 10.4. The van der Waals surface area contributed by atoms with E-state index in [1.165, 1.54) is 7.11 Å². The Morgan fingerprint density at radius 2 is 2.22 bits per heavy atom. The molecule has 1 aliphatic heterocycles. The molecule has 1 unspecified atom stereocenters. The number of fused-ring (bicyclic) bond motifs is 3. The predicted molar refractivity (Wildman–Crippen MR) is 70.1 cm³/mol. The lowest BCUT2D eigenvalue weighted by atomic mass is 9.92. The first-order chi connectivity index (χ1) is 8.72. The fraction of sp³-hybridized carbons (Fsp3) is 0.286. The van der Waals surface area contributed by atoms with E-state index >= 15 is 0 Å². The average molecular weight is 242 g/mol. The van der Waals surface area contributed by atoms with Gasteiger partial charge >= 0.3 is 5.97 Å². The number of carbonyl (C=O) groups is 1. The van der Waals surface area contributed by atoms with Crippen LogP contribution in [0.25, 0.3) is 10.9 Å². The van der Waals surface area contributed by atoms with E-state index in [2.05, 4.69) is 9.98 Å². The van der Waals surface area contributed by atoms with Crippen LogP contribution in [-0.4, -0.2) is 30.3 Å². The van der Waals surface area contributed by atoms with Crippen LogP contribution in [0.1, 0.15) is 24.1 Å². The van der Waals surface area contributed by atoms with Crippen molar-refractivity contribution in [1.82, 2.24) is 4.98 Å². The number of hydrogen-bond acceptors (Lipinski definition) is 3. The Hall–Kier alpha value is -2.10. The molecule has 0 saturated carbocycles. The van der Waals surface area contributed by atoms with E-state index in [-0.39, 0.29) is 11.9 Å². The zero-order chi connectivity index (χ0) is 12.7. The molecule has 4 nitrogen and oxygen atoms in total. The zero-order valence-electron chi connectivity index (χ0n) is 10.4. The Kier molecular flexibility index (Phi) is 2.44. The molecule has 0 spiro atoms. The molecule has 2 heterocycles. The molecule has 18 heavy (non-hydrogen) atoms. The third kappa shape index (κ3) is 1.45. The molecule has 0 bridgehead atoms. The van der Waals surface area contributed by atoms with E-state index in [0.29, 0.717) is 6.54 Å². The Morgan fingerprint density at radius 3 is 3.00 bits per heavy atom. The van der Waals surface area contributed by atoms with Gasteiger partial charge < -0.3 is 9.72 Å². The van der Waals surface area contributed by atoms with Gasteiger partial charge in [-0.1, -0.05) is 18.2 Å². The van der Waals surface area contributed by atoms with Crippen LogP contribution in [0, 0.1) is 0 Å². The summed E-state index contributed by atoms with van der Waals surface area (Å²) in [4.78, 5) is 19.6. The van der Waals surface area contributed by atoms with Gasteiger partial charge in [-0.15, -0.1) is 0 Å². The summed E-state index contributed by atoms with van der Waals surface area (Å²) in [6.45, 7) is 2.43. The van der Waals surface area contributed by atoms with E-state index in [1.807, 2.05) is 31.2 Å². The van der Waals surface area contributed by atoms with Gasteiger partial charge in [0.05, 0.1) is 25.1 Å². The van der Waals surface area contributed by atoms with Gasteiger partial charge in [-0.3, -0.25) is 9.79 Å². The van der Waals surface area contributed by atoms with Crippen molar-refractivity contribution in [3.8, 4) is 0 Å². The van der Waals surface area contributed by atoms with E-state index in [0.717, 1.165) is 27.9 Å². The number of aromatic amines is 1. The summed E-state index contributed by atoms with van der Waals surface area (Å²) in [5.41, 5.74) is 3.96. The van der Waals surface area contributed by atoms with Crippen molar-refractivity contribution in [2.45, 2.75) is 12.8 Å². The molecule has 0 aliphatic carbocycles. The molecule has 1 aromatic carbocycles. The van der Waals surface area contributed by atoms with Crippen LogP contribution in [0.5, 0.6) is 0 Å². The highest BCUT2D eigenvalue weighted by molar-refractivity contribution is 6.07. The number of carbonyl (C=O) groups excluding carboxylic acids is 1. The summed E-state index contributed by atoms with van der Waals surface area (Å²) in [5.74, 6) is -0.526. The van der Waals surface area contributed by atoms with Crippen molar-refractivity contribution in [2.75, 3.05) is 13.7 Å². The van der Waals surface area contributed by atoms with Crippen LogP contribution < -0.4 is 0 Å². The second kappa shape index (κ2) is 3.98. The molecule has 0 fully saturated rings. The summed E-state index contributed by atoms with van der Waals surface area (Å²) < 4.78 is 4.88. The highest BCUT2D eigenvalue weighted by Crippen LogP contribution is 2.33. The van der Waals surface area contributed by atoms with Crippen molar-refractivity contribution in [1.29, 1.82) is 0 Å². The molecule has 0 amide bonds. The number of aromatic nitrogens is 1. The SMILES string of the molecule is COC(=O)C1CN=C(C)c2[nH]c3ccccc3c21. The normalized spacial score (nSPS) is 18.3. The van der Waals surface area contributed by atoms with Crippen LogP contribution in [0.4, 0.5) is 0 Å². The Morgan fingerprint density at radius 1 is 1.44 bits per heavy atom. The second-order valence-corrected chi connectivity index (χ2v) is 4.46. The Balaban J connectivity index is 2.28. The van der Waals surface area contributed by atoms with E-state index in [1.54, 1.807) is 0 Å². The average Bonchev–Trinajstić information content (AvgIpc) is 2.79. The molecular weight excluding hydrogens is 228 g/mol. The lowest BCUT2D eigenvalue weighted by Gasteiger charge is -2.18. The molecule has 92 valence electrons. The number of H-pyrrole nitrogens is 1. The molecule has 1 aromatic heterocycles. The summed E-state index contributed by atoms with van der Waals surface area (Å²) >= 11 is 0. The molecule has 3 rings (SSSR count). The molecule has 4 heteroatoms. The van der Waals surface area contributed by atoms with Crippen LogP contribution in [0.3, 0.4) is 0 Å². The van der Waals surface area contributed by atoms with Crippen molar-refractivity contribution in [2.24, 2.45) is 4.99 Å². The quantitative estimate of drug-likeness (QED) is 0.780. The van der Waals surface area contributed by atoms with Gasteiger partial charge in [-0.05, 0) is 13.0 Å². The van der Waals surface area contributed by atoms with Gasteiger partial charge in [-0.2, -0.15) is 0 Å². The van der Waals surface area contributed by atoms with Crippen LogP contribution in [0.2, 0.25) is 0 Å². The van der Waals surface area contributed by atoms with Gasteiger partial charge in [0.25, 0.3) is 0 Å². The minimum absolute atomic E-state index is 0.225. The maximum absolute atomic E-state index is 11.9. The number of para-hydroxylation sites is 1. The lowest BCUT2D eigenvalue weighted by molar-refractivity contribution is -0.142. The number of nitrogens with zero attached hydrogens (tertiary/aromatic N) is 1. The first-order valence-electron chi connectivity index (χ1n) is 5.92. The minimum Gasteiger partial charge on any atom is -0.468 e. The third-order valence-corrected chi connectivity index (χ3v) is 3.45. The molecule has 0 saturated heterocycles. The van der Waals surface area contributed by atoms with Crippen LogP contribution in [-0.2, 0) is 9.53 Å². The number of methoxy groups -OCH3 is 1. The van der Waals surface area contributed by atoms with Crippen LogP contribution in [0.15, 0.2) is 29.3 Å². The monoisotopic (exact) mass is 242 g/mol. The maximum atomic E-state index is 11.9. The standard InChI is InChI=1S/C14H14N2O2/c1-8-13-12(10(7-15-8)14(17)18-2)9-5-3-4-6-11(9)16-13/h3-6,10,16H,7H2,1-2H3. The van der Waals surface area contributed by atoms with Crippen molar-refractivity contribution in [3.05, 3.63) is 35.5 Å². The molecule has 1 N–H and O–H groups in total. The number of ether oxygens (including phenoxy) is 1. The predicted octanol–water partition coefficient (Wildman–Crippen LogP) is 2.25. The number of esters is 1. The third-order valence-electron chi connectivity index (χ3n) is 3.45. The lowest BCUT2D eigenvalue weighted by Crippen LogP contribution is -2.23. The fourth-order valence-corrected chi connectivity index (χ4v) is 2.54. The molecule has 2 aromatic rings. The van der Waals surface area contributed by atoms with Gasteiger partial charge in [0.1, 0.15) is 5.92 Å². The number of benzene rings is 1. The van der Waals surface area contributed by atoms with Crippen molar-refractivity contribution in [3.63, 3.8) is 0 Å². The molecular formula is C14H14N2O2. The van der Waals surface area contributed by atoms with Crippen molar-refractivity contribution < 1.29 is 9.53 Å². The summed E-state index contributed by atoms with van der Waals surface area (Å²) in [5, 5.41) is 1.08. The summed E-state index contributed by atoms with van der Waals surface area (Å²) in [7, 11) is 1.42. The van der Waals surface area contributed by atoms with E-state index in [9.17, 15) is 4.79 Å². The summed E-state index contributed by atoms with van der Waals surface area (Å²) in [6.07, 6.45) is 0. The van der Waals surface area contributed by atoms with Crippen LogP contribution >= 0.6 is 0 Å². The van der Waals surface area contributed by atoms with E-state index in [4.69, 9.17) is 4.74 Å². The number of nitrogens with one attached hydrogen (secondary N) is 1. The molecule has 1 atom stereocenters. The fourth-order valence-electron chi connectivity index (χ4n) is 2.54. The topological polar surface area (TPSA) is 54.4 Å². The van der Waals surface area contributed by atoms with Crippen molar-refractivity contribution >= 4 is 22.6 Å². The summed E-state index contributed by atoms with van der Waals surface area (Å²) in [6, 6.07) is 7.99. The van der Waals surface area contributed by atoms with Gasteiger partial charge in [0.2, 0.25) is 0 Å². The smallest absolute Gasteiger partial charge is 0.315 e. The van der Waals surface area contributed by atoms with Gasteiger partial charge in [0.15, 0.2) is 0 Å². The Labute approximate surface area is 105 Å². The molecule has 1 aliphatic rings. The van der Waals surface area contributed by atoms with Gasteiger partial charge in [-0.25, -0.2) is 0 Å². The maximum Gasteiger partial charge on any atom is 0.315 e. The van der Waals surface area contributed by atoms with E-state index < -0.39 is 0 Å². The highest BCUT2D eigenvalue weighted by Gasteiger charge is 2.31. The molecule has 0 radical (unpaired) electrons. The largest absolute Gasteiger partial charge is 0.468 e. The second-order valence-electron chi connectivity index (χ2n) is 4.46. The number of rotatable bonds is 1. The minimum atomic E-state index is -0.301. The van der Waals surface area contributed by atoms with Gasteiger partial charge in [0, 0.05) is 16.5 Å². The number of hydrogen-bond donors (Lipinski definition) is 1. The highest BCUT2D eigenvalue weighted by atomic mass is 16.5. The first-order valence-corrected chi connectivity index (χ1v) is 5.92.